The molecule has 0 radical (unpaired) electrons. The highest BCUT2D eigenvalue weighted by atomic mass is 35.5. The molecule has 4 nitrogen and oxygen atoms in total. The van der Waals surface area contributed by atoms with E-state index in [1.54, 1.807) is 12.1 Å². The standard InChI is InChI=1S/C10H13ClN4/c1-15(2)6-5-13-10-4-3-8(11)9(7-12)14-10/h3-4H,5-6H2,1-2H3,(H,13,14). The molecule has 0 aliphatic heterocycles. The van der Waals surface area contributed by atoms with Crippen LogP contribution in [-0.4, -0.2) is 37.1 Å². The van der Waals surface area contributed by atoms with Crippen LogP contribution in [0.1, 0.15) is 5.69 Å². The van der Waals surface area contributed by atoms with Gasteiger partial charge in [-0.3, -0.25) is 0 Å². The van der Waals surface area contributed by atoms with E-state index >= 15 is 0 Å². The van der Waals surface area contributed by atoms with E-state index in [4.69, 9.17) is 16.9 Å². The van der Waals surface area contributed by atoms with Crippen molar-refractivity contribution >= 4 is 17.4 Å². The van der Waals surface area contributed by atoms with Crippen molar-refractivity contribution in [1.29, 1.82) is 5.26 Å². The minimum Gasteiger partial charge on any atom is -0.369 e. The quantitative estimate of drug-likeness (QED) is 0.844. The fourth-order valence-corrected chi connectivity index (χ4v) is 1.17. The molecule has 0 saturated heterocycles. The maximum atomic E-state index is 8.72. The topological polar surface area (TPSA) is 52.0 Å². The van der Waals surface area contributed by atoms with Gasteiger partial charge in [-0.2, -0.15) is 5.26 Å². The van der Waals surface area contributed by atoms with Gasteiger partial charge in [-0.25, -0.2) is 4.98 Å². The molecular weight excluding hydrogens is 212 g/mol. The SMILES string of the molecule is CN(C)CCNc1ccc(Cl)c(C#N)n1. The highest BCUT2D eigenvalue weighted by Gasteiger charge is 2.02. The van der Waals surface area contributed by atoms with Crippen molar-refractivity contribution in [2.75, 3.05) is 32.5 Å². The summed E-state index contributed by atoms with van der Waals surface area (Å²) in [5, 5.41) is 12.2. The number of pyridine rings is 1. The molecule has 15 heavy (non-hydrogen) atoms. The third kappa shape index (κ3) is 3.74. The van der Waals surface area contributed by atoms with E-state index < -0.39 is 0 Å². The Balaban J connectivity index is 2.60. The molecule has 0 amide bonds. The Labute approximate surface area is 94.5 Å². The van der Waals surface area contributed by atoms with Crippen LogP contribution >= 0.6 is 11.6 Å². The Morgan fingerprint density at radius 2 is 2.27 bits per heavy atom. The number of nitrogens with one attached hydrogen (secondary N) is 1. The highest BCUT2D eigenvalue weighted by Crippen LogP contribution is 2.15. The van der Waals surface area contributed by atoms with Gasteiger partial charge in [0.15, 0.2) is 5.69 Å². The molecule has 0 aromatic carbocycles. The molecule has 0 bridgehead atoms. The Kier molecular flexibility index (Phi) is 4.35. The average molecular weight is 225 g/mol. The fourth-order valence-electron chi connectivity index (χ4n) is 1.03. The summed E-state index contributed by atoms with van der Waals surface area (Å²) in [6.07, 6.45) is 0. The fraction of sp³-hybridized carbons (Fsp3) is 0.400. The van der Waals surface area contributed by atoms with Gasteiger partial charge in [0.05, 0.1) is 5.02 Å². The van der Waals surface area contributed by atoms with Gasteiger partial charge >= 0.3 is 0 Å². The predicted octanol–water partition coefficient (Wildman–Crippen LogP) is 1.58. The second kappa shape index (κ2) is 5.54. The smallest absolute Gasteiger partial charge is 0.161 e. The summed E-state index contributed by atoms with van der Waals surface area (Å²) in [6.45, 7) is 1.69. The van der Waals surface area contributed by atoms with Crippen molar-refractivity contribution in [3.63, 3.8) is 0 Å². The summed E-state index contributed by atoms with van der Waals surface area (Å²) < 4.78 is 0. The first kappa shape index (κ1) is 11.8. The third-order valence-corrected chi connectivity index (χ3v) is 2.12. The number of aromatic nitrogens is 1. The number of nitrogens with zero attached hydrogens (tertiary/aromatic N) is 3. The molecule has 0 fully saturated rings. The minimum absolute atomic E-state index is 0.256. The molecule has 0 atom stereocenters. The maximum Gasteiger partial charge on any atom is 0.161 e. The van der Waals surface area contributed by atoms with E-state index in [-0.39, 0.29) is 5.69 Å². The lowest BCUT2D eigenvalue weighted by Crippen LogP contribution is -2.21. The van der Waals surface area contributed by atoms with E-state index in [2.05, 4.69) is 15.2 Å². The van der Waals surface area contributed by atoms with E-state index in [0.717, 1.165) is 13.1 Å². The first-order valence-corrected chi connectivity index (χ1v) is 4.96. The molecule has 1 heterocycles. The van der Waals surface area contributed by atoms with Crippen LogP contribution in [0.15, 0.2) is 12.1 Å². The lowest BCUT2D eigenvalue weighted by atomic mass is 10.3. The minimum atomic E-state index is 0.256. The number of rotatable bonds is 4. The number of anilines is 1. The van der Waals surface area contributed by atoms with Gasteiger partial charge in [-0.1, -0.05) is 11.6 Å². The third-order valence-electron chi connectivity index (χ3n) is 1.82. The van der Waals surface area contributed by atoms with Gasteiger partial charge in [0.1, 0.15) is 11.9 Å². The van der Waals surface area contributed by atoms with Crippen molar-refractivity contribution in [2.24, 2.45) is 0 Å². The van der Waals surface area contributed by atoms with Gasteiger partial charge in [0.25, 0.3) is 0 Å². The molecule has 1 aromatic rings. The van der Waals surface area contributed by atoms with Gasteiger partial charge in [-0.15, -0.1) is 0 Å². The highest BCUT2D eigenvalue weighted by molar-refractivity contribution is 6.31. The normalized spacial score (nSPS) is 10.1. The summed E-state index contributed by atoms with van der Waals surface area (Å²) in [5.41, 5.74) is 0.256. The van der Waals surface area contributed by atoms with Crippen LogP contribution in [0.5, 0.6) is 0 Å². The summed E-state index contributed by atoms with van der Waals surface area (Å²) in [5.74, 6) is 0.679. The molecule has 0 aliphatic carbocycles. The monoisotopic (exact) mass is 224 g/mol. The van der Waals surface area contributed by atoms with Crippen molar-refractivity contribution in [3.8, 4) is 6.07 Å². The summed E-state index contributed by atoms with van der Waals surface area (Å²) in [7, 11) is 4.00. The summed E-state index contributed by atoms with van der Waals surface area (Å²) >= 11 is 5.76. The lowest BCUT2D eigenvalue weighted by Gasteiger charge is -2.10. The molecule has 5 heteroatoms. The lowest BCUT2D eigenvalue weighted by molar-refractivity contribution is 0.425. The number of likely N-dealkylation sites (N-methyl/N-ethyl adjacent to an activating group) is 1. The summed E-state index contributed by atoms with van der Waals surface area (Å²) in [6, 6.07) is 5.38. The van der Waals surface area contributed by atoms with Crippen molar-refractivity contribution in [2.45, 2.75) is 0 Å². The van der Waals surface area contributed by atoms with E-state index in [0.29, 0.717) is 10.8 Å². The maximum absolute atomic E-state index is 8.72. The van der Waals surface area contributed by atoms with Gasteiger partial charge in [-0.05, 0) is 26.2 Å². The van der Waals surface area contributed by atoms with E-state index in [9.17, 15) is 0 Å². The van der Waals surface area contributed by atoms with Crippen LogP contribution in [-0.2, 0) is 0 Å². The molecule has 0 aliphatic rings. The average Bonchev–Trinajstić information content (AvgIpc) is 2.20. The number of hydrogen-bond donors (Lipinski definition) is 1. The van der Waals surface area contributed by atoms with Crippen molar-refractivity contribution in [3.05, 3.63) is 22.8 Å². The largest absolute Gasteiger partial charge is 0.369 e. The molecule has 1 rings (SSSR count). The number of halogens is 1. The first-order chi connectivity index (χ1) is 7.13. The van der Waals surface area contributed by atoms with E-state index in [1.807, 2.05) is 20.2 Å². The molecule has 0 spiro atoms. The van der Waals surface area contributed by atoms with Crippen LogP contribution in [0.3, 0.4) is 0 Å². The zero-order valence-corrected chi connectivity index (χ0v) is 9.54. The zero-order chi connectivity index (χ0) is 11.3. The number of hydrogen-bond acceptors (Lipinski definition) is 4. The van der Waals surface area contributed by atoms with E-state index in [1.165, 1.54) is 0 Å². The molecule has 80 valence electrons. The molecule has 1 aromatic heterocycles. The Bertz CT molecular complexity index is 370. The van der Waals surface area contributed by atoms with Crippen LogP contribution in [0.25, 0.3) is 0 Å². The Hall–Kier alpha value is -1.31. The van der Waals surface area contributed by atoms with Crippen molar-refractivity contribution in [1.82, 2.24) is 9.88 Å². The van der Waals surface area contributed by atoms with Crippen LogP contribution in [0.4, 0.5) is 5.82 Å². The van der Waals surface area contributed by atoms with Crippen molar-refractivity contribution < 1.29 is 0 Å². The van der Waals surface area contributed by atoms with Gasteiger partial charge in [0.2, 0.25) is 0 Å². The second-order valence-corrected chi connectivity index (χ2v) is 3.78. The predicted molar refractivity (Wildman–Crippen MR) is 61.0 cm³/mol. The first-order valence-electron chi connectivity index (χ1n) is 4.58. The zero-order valence-electron chi connectivity index (χ0n) is 8.79. The molecular formula is C10H13ClN4. The molecule has 0 saturated carbocycles. The van der Waals surface area contributed by atoms with Crippen LogP contribution < -0.4 is 5.32 Å². The van der Waals surface area contributed by atoms with Crippen LogP contribution in [0.2, 0.25) is 5.02 Å². The molecule has 0 unspecified atom stereocenters. The number of nitriles is 1. The second-order valence-electron chi connectivity index (χ2n) is 3.37. The summed E-state index contributed by atoms with van der Waals surface area (Å²) in [4.78, 5) is 6.13. The Morgan fingerprint density at radius 1 is 1.53 bits per heavy atom. The van der Waals surface area contributed by atoms with Gasteiger partial charge in [0, 0.05) is 13.1 Å². The molecule has 1 N–H and O–H groups in total. The van der Waals surface area contributed by atoms with Crippen LogP contribution in [0, 0.1) is 11.3 Å². The van der Waals surface area contributed by atoms with Gasteiger partial charge < -0.3 is 10.2 Å². The Morgan fingerprint density at radius 3 is 2.87 bits per heavy atom.